The van der Waals surface area contributed by atoms with Gasteiger partial charge in [0, 0.05) is 36.3 Å². The molecule has 1 aliphatic heterocycles. The molecule has 0 aliphatic carbocycles. The summed E-state index contributed by atoms with van der Waals surface area (Å²) in [6, 6.07) is 4.77. The molecule has 6 heteroatoms. The zero-order valence-electron chi connectivity index (χ0n) is 10.6. The van der Waals surface area contributed by atoms with Crippen LogP contribution in [0.4, 0.5) is 5.69 Å². The molecule has 1 saturated heterocycles. The molecule has 1 unspecified atom stereocenters. The molecular formula is C13H17ClN2O3. The lowest BCUT2D eigenvalue weighted by atomic mass is 10.0. The minimum Gasteiger partial charge on any atom is -0.381 e. The molecule has 0 aromatic heterocycles. The molecule has 0 saturated carbocycles. The van der Waals surface area contributed by atoms with E-state index in [1.165, 1.54) is 6.07 Å². The van der Waals surface area contributed by atoms with Crippen LogP contribution in [0.3, 0.4) is 0 Å². The van der Waals surface area contributed by atoms with Crippen molar-refractivity contribution in [2.24, 2.45) is 5.92 Å². The lowest BCUT2D eigenvalue weighted by Gasteiger charge is -2.22. The number of halogens is 1. The van der Waals surface area contributed by atoms with Crippen LogP contribution in [0.25, 0.3) is 0 Å². The van der Waals surface area contributed by atoms with Crippen molar-refractivity contribution in [1.29, 1.82) is 0 Å². The van der Waals surface area contributed by atoms with E-state index >= 15 is 0 Å². The second-order valence-electron chi connectivity index (χ2n) is 4.74. The van der Waals surface area contributed by atoms with Crippen molar-refractivity contribution in [3.8, 4) is 0 Å². The van der Waals surface area contributed by atoms with Crippen LogP contribution >= 0.6 is 11.6 Å². The highest BCUT2D eigenvalue weighted by Gasteiger charge is 2.16. The van der Waals surface area contributed by atoms with Crippen molar-refractivity contribution < 1.29 is 9.66 Å². The number of nitro groups is 1. The second-order valence-corrected chi connectivity index (χ2v) is 5.18. The van der Waals surface area contributed by atoms with Crippen molar-refractivity contribution in [1.82, 2.24) is 5.32 Å². The number of nitrogens with zero attached hydrogens (tertiary/aromatic N) is 1. The summed E-state index contributed by atoms with van der Waals surface area (Å²) in [4.78, 5) is 10.5. The van der Waals surface area contributed by atoms with Gasteiger partial charge in [0.1, 0.15) is 0 Å². The molecule has 0 amide bonds. The molecule has 1 N–H and O–H groups in total. The van der Waals surface area contributed by atoms with Gasteiger partial charge in [0.05, 0.1) is 11.5 Å². The molecule has 1 atom stereocenters. The smallest absolute Gasteiger partial charge is 0.275 e. The van der Waals surface area contributed by atoms with Crippen LogP contribution in [0, 0.1) is 16.0 Å². The van der Waals surface area contributed by atoms with Gasteiger partial charge < -0.3 is 10.1 Å². The van der Waals surface area contributed by atoms with Gasteiger partial charge >= 0.3 is 0 Å². The van der Waals surface area contributed by atoms with E-state index in [1.807, 2.05) is 0 Å². The number of rotatable bonds is 5. The molecule has 0 bridgehead atoms. The Bertz CT molecular complexity index is 448. The molecule has 19 heavy (non-hydrogen) atoms. The topological polar surface area (TPSA) is 64.4 Å². The third-order valence-corrected chi connectivity index (χ3v) is 3.48. The molecule has 1 heterocycles. The van der Waals surface area contributed by atoms with Gasteiger partial charge in [-0.1, -0.05) is 11.6 Å². The Morgan fingerprint density at radius 2 is 2.37 bits per heavy atom. The maximum Gasteiger partial charge on any atom is 0.275 e. The highest BCUT2D eigenvalue weighted by Crippen LogP contribution is 2.23. The van der Waals surface area contributed by atoms with Crippen LogP contribution in [0.1, 0.15) is 18.4 Å². The van der Waals surface area contributed by atoms with E-state index in [9.17, 15) is 10.1 Å². The summed E-state index contributed by atoms with van der Waals surface area (Å²) in [6.07, 6.45) is 2.24. The fraction of sp³-hybridized carbons (Fsp3) is 0.538. The molecule has 104 valence electrons. The molecule has 1 aromatic carbocycles. The van der Waals surface area contributed by atoms with Crippen molar-refractivity contribution in [2.75, 3.05) is 19.8 Å². The summed E-state index contributed by atoms with van der Waals surface area (Å²) in [5.74, 6) is 0.500. The zero-order chi connectivity index (χ0) is 13.7. The first-order chi connectivity index (χ1) is 9.16. The molecule has 2 rings (SSSR count). The summed E-state index contributed by atoms with van der Waals surface area (Å²) in [5, 5.41) is 14.6. The van der Waals surface area contributed by atoms with Gasteiger partial charge in [0.2, 0.25) is 0 Å². The first kappa shape index (κ1) is 14.2. The van der Waals surface area contributed by atoms with Crippen molar-refractivity contribution in [3.05, 3.63) is 38.9 Å². The first-order valence-electron chi connectivity index (χ1n) is 6.38. The standard InChI is InChI=1S/C13H17ClN2O3/c14-12-4-3-11(13(6-12)16(17)18)8-15-7-10-2-1-5-19-9-10/h3-4,6,10,15H,1-2,5,7-9H2. The SMILES string of the molecule is O=[N+]([O-])c1cc(Cl)ccc1CNCC1CCCOC1. The molecular weight excluding hydrogens is 268 g/mol. The summed E-state index contributed by atoms with van der Waals surface area (Å²) < 4.78 is 5.40. The van der Waals surface area contributed by atoms with Crippen LogP contribution in [0.15, 0.2) is 18.2 Å². The summed E-state index contributed by atoms with van der Waals surface area (Å²) in [5.41, 5.74) is 0.728. The number of nitro benzene ring substituents is 1. The predicted octanol–water partition coefficient (Wildman–Crippen LogP) is 2.76. The number of benzene rings is 1. The van der Waals surface area contributed by atoms with Crippen LogP contribution < -0.4 is 5.32 Å². The minimum absolute atomic E-state index is 0.0693. The van der Waals surface area contributed by atoms with Crippen LogP contribution in [-0.2, 0) is 11.3 Å². The molecule has 0 radical (unpaired) electrons. The summed E-state index contributed by atoms with van der Waals surface area (Å²) in [6.45, 7) is 2.92. The summed E-state index contributed by atoms with van der Waals surface area (Å²) >= 11 is 5.78. The molecule has 5 nitrogen and oxygen atoms in total. The Morgan fingerprint density at radius 1 is 1.53 bits per heavy atom. The highest BCUT2D eigenvalue weighted by molar-refractivity contribution is 6.30. The molecule has 1 aromatic rings. The first-order valence-corrected chi connectivity index (χ1v) is 6.76. The Kier molecular flexibility index (Phi) is 5.13. The van der Waals surface area contributed by atoms with E-state index in [0.717, 1.165) is 32.6 Å². The van der Waals surface area contributed by atoms with Gasteiger partial charge in [-0.25, -0.2) is 0 Å². The van der Waals surface area contributed by atoms with Crippen LogP contribution in [0.2, 0.25) is 5.02 Å². The predicted molar refractivity (Wildman–Crippen MR) is 73.4 cm³/mol. The Hall–Kier alpha value is -1.17. The van der Waals surface area contributed by atoms with Gasteiger partial charge in [0.25, 0.3) is 5.69 Å². The van der Waals surface area contributed by atoms with Gasteiger partial charge in [-0.2, -0.15) is 0 Å². The normalized spacial score (nSPS) is 19.3. The minimum atomic E-state index is -0.396. The van der Waals surface area contributed by atoms with Crippen LogP contribution in [0.5, 0.6) is 0 Å². The van der Waals surface area contributed by atoms with Crippen molar-refractivity contribution in [2.45, 2.75) is 19.4 Å². The van der Waals surface area contributed by atoms with Crippen molar-refractivity contribution in [3.63, 3.8) is 0 Å². The maximum atomic E-state index is 10.9. The fourth-order valence-corrected chi connectivity index (χ4v) is 2.40. The number of nitrogens with one attached hydrogen (secondary N) is 1. The third-order valence-electron chi connectivity index (χ3n) is 3.25. The van der Waals surface area contributed by atoms with Gasteiger partial charge in [-0.05, 0) is 30.9 Å². The van der Waals surface area contributed by atoms with Gasteiger partial charge in [-0.3, -0.25) is 10.1 Å². The lowest BCUT2D eigenvalue weighted by molar-refractivity contribution is -0.385. The van der Waals surface area contributed by atoms with Crippen LogP contribution in [-0.4, -0.2) is 24.7 Å². The largest absolute Gasteiger partial charge is 0.381 e. The van der Waals surface area contributed by atoms with Gasteiger partial charge in [0.15, 0.2) is 0 Å². The van der Waals surface area contributed by atoms with E-state index < -0.39 is 4.92 Å². The highest BCUT2D eigenvalue weighted by atomic mass is 35.5. The zero-order valence-corrected chi connectivity index (χ0v) is 11.4. The second kappa shape index (κ2) is 6.84. The Morgan fingerprint density at radius 3 is 3.05 bits per heavy atom. The maximum absolute atomic E-state index is 10.9. The summed E-state index contributed by atoms with van der Waals surface area (Å²) in [7, 11) is 0. The van der Waals surface area contributed by atoms with E-state index in [-0.39, 0.29) is 5.69 Å². The Labute approximate surface area is 117 Å². The number of ether oxygens (including phenoxy) is 1. The van der Waals surface area contributed by atoms with E-state index in [2.05, 4.69) is 5.32 Å². The Balaban J connectivity index is 1.89. The van der Waals surface area contributed by atoms with E-state index in [1.54, 1.807) is 12.1 Å². The molecule has 1 aliphatic rings. The quantitative estimate of drug-likeness (QED) is 0.667. The third kappa shape index (κ3) is 4.16. The molecule has 0 spiro atoms. The van der Waals surface area contributed by atoms with E-state index in [4.69, 9.17) is 16.3 Å². The van der Waals surface area contributed by atoms with Gasteiger partial charge in [-0.15, -0.1) is 0 Å². The molecule has 1 fully saturated rings. The number of hydrogen-bond donors (Lipinski definition) is 1. The van der Waals surface area contributed by atoms with E-state index in [0.29, 0.717) is 23.0 Å². The van der Waals surface area contributed by atoms with Crippen molar-refractivity contribution >= 4 is 17.3 Å². The average molecular weight is 285 g/mol. The lowest BCUT2D eigenvalue weighted by Crippen LogP contribution is -2.29. The monoisotopic (exact) mass is 284 g/mol. The fourth-order valence-electron chi connectivity index (χ4n) is 2.24. The average Bonchev–Trinajstić information content (AvgIpc) is 2.41. The number of hydrogen-bond acceptors (Lipinski definition) is 4.